The highest BCUT2D eigenvalue weighted by atomic mass is 35.5. The summed E-state index contributed by atoms with van der Waals surface area (Å²) in [5.41, 5.74) is 3.19. The van der Waals surface area contributed by atoms with Crippen LogP contribution in [0, 0.1) is 0 Å². The van der Waals surface area contributed by atoms with Gasteiger partial charge in [0.2, 0.25) is 0 Å². The number of ether oxygens (including phenoxy) is 1. The van der Waals surface area contributed by atoms with Crippen LogP contribution in [0.1, 0.15) is 47.7 Å². The highest BCUT2D eigenvalue weighted by molar-refractivity contribution is 6.32. The van der Waals surface area contributed by atoms with Gasteiger partial charge < -0.3 is 10.1 Å². The van der Waals surface area contributed by atoms with Gasteiger partial charge in [0, 0.05) is 12.1 Å². The van der Waals surface area contributed by atoms with Crippen LogP contribution in [0.25, 0.3) is 0 Å². The number of methoxy groups -OCH3 is 1. The Morgan fingerprint density at radius 2 is 1.88 bits per heavy atom. The molecule has 4 heteroatoms. The fraction of sp³-hybridized carbons (Fsp3) is 0.350. The van der Waals surface area contributed by atoms with Crippen molar-refractivity contribution in [2.24, 2.45) is 0 Å². The Balaban J connectivity index is 1.79. The van der Waals surface area contributed by atoms with E-state index in [0.29, 0.717) is 28.8 Å². The normalized spacial score (nSPS) is 10.7. The Morgan fingerprint density at radius 3 is 2.46 bits per heavy atom. The van der Waals surface area contributed by atoms with E-state index in [-0.39, 0.29) is 5.91 Å². The molecule has 2 aromatic rings. The molecule has 3 nitrogen and oxygen atoms in total. The van der Waals surface area contributed by atoms with Crippen molar-refractivity contribution in [2.75, 3.05) is 13.7 Å². The summed E-state index contributed by atoms with van der Waals surface area (Å²) in [6, 6.07) is 13.7. The Kier molecular flexibility index (Phi) is 6.68. The average Bonchev–Trinajstić information content (AvgIpc) is 2.58. The molecule has 0 saturated heterocycles. The van der Waals surface area contributed by atoms with Gasteiger partial charge in [-0.1, -0.05) is 49.7 Å². The van der Waals surface area contributed by atoms with E-state index >= 15 is 0 Å². The first-order valence-corrected chi connectivity index (χ1v) is 8.59. The Morgan fingerprint density at radius 1 is 1.17 bits per heavy atom. The molecule has 0 aliphatic heterocycles. The molecule has 24 heavy (non-hydrogen) atoms. The third-order valence-corrected chi connectivity index (χ3v) is 4.28. The van der Waals surface area contributed by atoms with Crippen molar-refractivity contribution in [1.29, 1.82) is 0 Å². The van der Waals surface area contributed by atoms with Gasteiger partial charge in [0.05, 0.1) is 12.1 Å². The molecular formula is C20H24ClNO2. The summed E-state index contributed by atoms with van der Waals surface area (Å²) in [4.78, 5) is 12.1. The van der Waals surface area contributed by atoms with Crippen molar-refractivity contribution in [3.05, 3.63) is 64.2 Å². The summed E-state index contributed by atoms with van der Waals surface area (Å²) >= 11 is 6.04. The molecular weight excluding hydrogens is 322 g/mol. The van der Waals surface area contributed by atoms with Crippen LogP contribution < -0.4 is 10.1 Å². The Hall–Kier alpha value is -2.00. The van der Waals surface area contributed by atoms with Crippen LogP contribution in [-0.2, 0) is 6.42 Å². The topological polar surface area (TPSA) is 38.3 Å². The molecule has 0 heterocycles. The van der Waals surface area contributed by atoms with Crippen molar-refractivity contribution >= 4 is 17.5 Å². The number of carbonyl (C=O) groups excluding carboxylic acids is 1. The number of carbonyl (C=O) groups is 1. The lowest BCUT2D eigenvalue weighted by Gasteiger charge is -2.09. The maximum Gasteiger partial charge on any atom is 0.251 e. The van der Waals surface area contributed by atoms with Gasteiger partial charge >= 0.3 is 0 Å². The van der Waals surface area contributed by atoms with Crippen LogP contribution in [0.3, 0.4) is 0 Å². The minimum absolute atomic E-state index is 0.116. The number of hydrogen-bond donors (Lipinski definition) is 1. The number of rotatable bonds is 7. The molecule has 0 radical (unpaired) electrons. The second-order valence-electron chi connectivity index (χ2n) is 6.11. The first-order valence-electron chi connectivity index (χ1n) is 8.22. The summed E-state index contributed by atoms with van der Waals surface area (Å²) in [5.74, 6) is 1.00. The fourth-order valence-corrected chi connectivity index (χ4v) is 2.73. The van der Waals surface area contributed by atoms with E-state index in [9.17, 15) is 4.79 Å². The first-order chi connectivity index (χ1) is 11.5. The van der Waals surface area contributed by atoms with Crippen LogP contribution in [0.15, 0.2) is 42.5 Å². The lowest BCUT2D eigenvalue weighted by atomic mass is 10.0. The van der Waals surface area contributed by atoms with E-state index in [1.54, 1.807) is 25.3 Å². The summed E-state index contributed by atoms with van der Waals surface area (Å²) in [6.07, 6.45) is 1.85. The van der Waals surface area contributed by atoms with Gasteiger partial charge in [-0.25, -0.2) is 0 Å². The van der Waals surface area contributed by atoms with E-state index in [4.69, 9.17) is 16.3 Å². The van der Waals surface area contributed by atoms with Gasteiger partial charge in [0.15, 0.2) is 0 Å². The number of nitrogens with one attached hydrogen (secondary N) is 1. The van der Waals surface area contributed by atoms with E-state index in [1.165, 1.54) is 11.1 Å². The molecule has 2 aromatic carbocycles. The monoisotopic (exact) mass is 345 g/mol. The van der Waals surface area contributed by atoms with Crippen molar-refractivity contribution in [2.45, 2.75) is 32.6 Å². The zero-order valence-corrected chi connectivity index (χ0v) is 15.2. The van der Waals surface area contributed by atoms with Crippen LogP contribution in [0.5, 0.6) is 5.75 Å². The van der Waals surface area contributed by atoms with Gasteiger partial charge in [0.25, 0.3) is 5.91 Å². The van der Waals surface area contributed by atoms with Crippen molar-refractivity contribution in [1.82, 2.24) is 5.32 Å². The first kappa shape index (κ1) is 18.3. The fourth-order valence-electron chi connectivity index (χ4n) is 2.47. The highest BCUT2D eigenvalue weighted by Gasteiger charge is 2.08. The van der Waals surface area contributed by atoms with E-state index in [2.05, 4.69) is 43.4 Å². The maximum atomic E-state index is 12.1. The van der Waals surface area contributed by atoms with E-state index < -0.39 is 0 Å². The molecule has 0 saturated carbocycles. The van der Waals surface area contributed by atoms with Gasteiger partial charge in [0.1, 0.15) is 5.75 Å². The summed E-state index contributed by atoms with van der Waals surface area (Å²) in [6.45, 7) is 5.01. The SMILES string of the molecule is COc1ccc(C(=O)NCCCc2ccc(C(C)C)cc2)cc1Cl. The van der Waals surface area contributed by atoms with Gasteiger partial charge in [-0.05, 0) is 48.1 Å². The molecule has 0 bridgehead atoms. The average molecular weight is 346 g/mol. The van der Waals surface area contributed by atoms with E-state index in [1.807, 2.05) is 0 Å². The zero-order valence-electron chi connectivity index (χ0n) is 14.4. The molecule has 0 fully saturated rings. The lowest BCUT2D eigenvalue weighted by molar-refractivity contribution is 0.0953. The summed E-state index contributed by atoms with van der Waals surface area (Å²) < 4.78 is 5.09. The van der Waals surface area contributed by atoms with Crippen molar-refractivity contribution in [3.63, 3.8) is 0 Å². The zero-order chi connectivity index (χ0) is 17.5. The molecule has 1 amide bonds. The Labute approximate surface area is 149 Å². The molecule has 0 atom stereocenters. The third-order valence-electron chi connectivity index (χ3n) is 3.99. The third kappa shape index (κ3) is 5.00. The lowest BCUT2D eigenvalue weighted by Crippen LogP contribution is -2.24. The van der Waals surface area contributed by atoms with Crippen molar-refractivity contribution < 1.29 is 9.53 Å². The molecule has 1 N–H and O–H groups in total. The molecule has 0 aliphatic rings. The van der Waals surface area contributed by atoms with Gasteiger partial charge in [-0.3, -0.25) is 4.79 Å². The number of amides is 1. The van der Waals surface area contributed by atoms with Gasteiger partial charge in [-0.2, -0.15) is 0 Å². The largest absolute Gasteiger partial charge is 0.495 e. The maximum absolute atomic E-state index is 12.1. The molecule has 0 unspecified atom stereocenters. The van der Waals surface area contributed by atoms with Crippen LogP contribution >= 0.6 is 11.6 Å². The number of halogens is 1. The van der Waals surface area contributed by atoms with Gasteiger partial charge in [-0.15, -0.1) is 0 Å². The molecule has 2 rings (SSSR count). The minimum atomic E-state index is -0.116. The van der Waals surface area contributed by atoms with Crippen LogP contribution in [-0.4, -0.2) is 19.6 Å². The number of benzene rings is 2. The molecule has 0 spiro atoms. The summed E-state index contributed by atoms with van der Waals surface area (Å²) in [7, 11) is 1.55. The smallest absolute Gasteiger partial charge is 0.251 e. The summed E-state index contributed by atoms with van der Waals surface area (Å²) in [5, 5.41) is 3.37. The number of hydrogen-bond acceptors (Lipinski definition) is 2. The predicted octanol–water partition coefficient (Wildman–Crippen LogP) is 4.83. The van der Waals surface area contributed by atoms with E-state index in [0.717, 1.165) is 12.8 Å². The molecule has 128 valence electrons. The number of aryl methyl sites for hydroxylation is 1. The van der Waals surface area contributed by atoms with Crippen molar-refractivity contribution in [3.8, 4) is 5.75 Å². The molecule has 0 aliphatic carbocycles. The predicted molar refractivity (Wildman–Crippen MR) is 99.2 cm³/mol. The standard InChI is InChI=1S/C20H24ClNO2/c1-14(2)16-8-6-15(7-9-16)5-4-12-22-20(23)17-10-11-19(24-3)18(21)13-17/h6-11,13-14H,4-5,12H2,1-3H3,(H,22,23). The second kappa shape index (κ2) is 8.74. The minimum Gasteiger partial charge on any atom is -0.495 e. The highest BCUT2D eigenvalue weighted by Crippen LogP contribution is 2.24. The molecule has 0 aromatic heterocycles. The second-order valence-corrected chi connectivity index (χ2v) is 6.51. The Bertz CT molecular complexity index is 681. The van der Waals surface area contributed by atoms with Crippen LogP contribution in [0.4, 0.5) is 0 Å². The quantitative estimate of drug-likeness (QED) is 0.729. The van der Waals surface area contributed by atoms with Crippen LogP contribution in [0.2, 0.25) is 5.02 Å².